The molecule has 1 aromatic heterocycles. The number of oxazole rings is 1. The summed E-state index contributed by atoms with van der Waals surface area (Å²) >= 11 is 0. The van der Waals surface area contributed by atoms with Crippen LogP contribution < -0.4 is 5.76 Å². The number of nitro benzene ring substituents is 1. The Morgan fingerprint density at radius 2 is 1.65 bits per heavy atom. The molecule has 0 saturated carbocycles. The molecule has 0 radical (unpaired) electrons. The van der Waals surface area contributed by atoms with Gasteiger partial charge in [-0.3, -0.25) is 14.7 Å². The molecule has 31 heavy (non-hydrogen) atoms. The van der Waals surface area contributed by atoms with E-state index in [1.165, 1.54) is 25.1 Å². The molecule has 6 nitrogen and oxygen atoms in total. The van der Waals surface area contributed by atoms with Gasteiger partial charge in [-0.15, -0.1) is 0 Å². The number of benzene rings is 2. The SMILES string of the molecule is Cc1c(Cn2c(=O)oc3cc(C(F)(C(F)(F)F)C(F)(F)F)ccc32)cccc1[N+](=O)[O-]. The van der Waals surface area contributed by atoms with Gasteiger partial charge in [0.25, 0.3) is 5.69 Å². The van der Waals surface area contributed by atoms with Crippen molar-refractivity contribution in [1.29, 1.82) is 0 Å². The first-order valence-corrected chi connectivity index (χ1v) is 8.37. The molecule has 0 N–H and O–H groups in total. The van der Waals surface area contributed by atoms with Crippen LogP contribution in [-0.2, 0) is 12.2 Å². The second-order valence-electron chi connectivity index (χ2n) is 6.61. The van der Waals surface area contributed by atoms with Gasteiger partial charge in [-0.2, -0.15) is 26.3 Å². The summed E-state index contributed by atoms with van der Waals surface area (Å²) in [7, 11) is 0. The van der Waals surface area contributed by atoms with Crippen molar-refractivity contribution < 1.29 is 40.1 Å². The van der Waals surface area contributed by atoms with E-state index in [0.717, 1.165) is 4.57 Å². The maximum absolute atomic E-state index is 14.3. The van der Waals surface area contributed by atoms with Crippen molar-refractivity contribution >= 4 is 16.8 Å². The number of rotatable bonds is 4. The first-order valence-electron chi connectivity index (χ1n) is 8.37. The minimum absolute atomic E-state index is 0.161. The summed E-state index contributed by atoms with van der Waals surface area (Å²) in [6, 6.07) is 5.12. The van der Waals surface area contributed by atoms with E-state index in [2.05, 4.69) is 0 Å². The van der Waals surface area contributed by atoms with Crippen molar-refractivity contribution in [2.24, 2.45) is 0 Å². The van der Waals surface area contributed by atoms with Gasteiger partial charge in [0.15, 0.2) is 5.58 Å². The van der Waals surface area contributed by atoms with Crippen molar-refractivity contribution in [1.82, 2.24) is 4.57 Å². The molecule has 1 heterocycles. The summed E-state index contributed by atoms with van der Waals surface area (Å²) in [6.07, 6.45) is -12.6. The Bertz CT molecular complexity index is 1210. The van der Waals surface area contributed by atoms with Gasteiger partial charge in [0.05, 0.1) is 17.0 Å². The molecule has 0 aliphatic carbocycles. The van der Waals surface area contributed by atoms with Crippen LogP contribution >= 0.6 is 0 Å². The lowest BCUT2D eigenvalue weighted by atomic mass is 9.94. The fourth-order valence-electron chi connectivity index (χ4n) is 3.13. The normalized spacial score (nSPS) is 13.0. The van der Waals surface area contributed by atoms with E-state index in [-0.39, 0.29) is 41.0 Å². The lowest BCUT2D eigenvalue weighted by Crippen LogP contribution is -2.50. The number of aromatic nitrogens is 1. The van der Waals surface area contributed by atoms with Gasteiger partial charge >= 0.3 is 23.8 Å². The molecule has 3 rings (SSSR count). The molecular formula is C18H11F7N2O4. The highest BCUT2D eigenvalue weighted by atomic mass is 19.4. The van der Waals surface area contributed by atoms with Crippen LogP contribution in [0.2, 0.25) is 0 Å². The minimum Gasteiger partial charge on any atom is -0.408 e. The molecule has 0 spiro atoms. The van der Waals surface area contributed by atoms with E-state index in [9.17, 15) is 45.6 Å². The molecule has 166 valence electrons. The summed E-state index contributed by atoms with van der Waals surface area (Å²) in [6.45, 7) is 1.08. The zero-order chi connectivity index (χ0) is 23.4. The van der Waals surface area contributed by atoms with Crippen molar-refractivity contribution in [2.45, 2.75) is 31.5 Å². The van der Waals surface area contributed by atoms with Crippen LogP contribution in [0.25, 0.3) is 11.1 Å². The van der Waals surface area contributed by atoms with Crippen LogP contribution in [-0.4, -0.2) is 21.8 Å². The van der Waals surface area contributed by atoms with Crippen LogP contribution in [0.15, 0.2) is 45.6 Å². The fourth-order valence-corrected chi connectivity index (χ4v) is 3.13. The molecule has 13 heteroatoms. The highest BCUT2D eigenvalue weighted by Gasteiger charge is 2.73. The average molecular weight is 452 g/mol. The van der Waals surface area contributed by atoms with Crippen LogP contribution in [0, 0.1) is 17.0 Å². The van der Waals surface area contributed by atoms with Crippen LogP contribution in [0.3, 0.4) is 0 Å². The van der Waals surface area contributed by atoms with Crippen molar-refractivity contribution in [2.75, 3.05) is 0 Å². The molecule has 0 amide bonds. The van der Waals surface area contributed by atoms with Gasteiger partial charge in [-0.25, -0.2) is 9.18 Å². The monoisotopic (exact) mass is 452 g/mol. The van der Waals surface area contributed by atoms with E-state index in [4.69, 9.17) is 4.42 Å². The fraction of sp³-hybridized carbons (Fsp3) is 0.278. The van der Waals surface area contributed by atoms with Crippen LogP contribution in [0.4, 0.5) is 36.4 Å². The minimum atomic E-state index is -6.32. The maximum atomic E-state index is 14.3. The van der Waals surface area contributed by atoms with Crippen LogP contribution in [0.5, 0.6) is 0 Å². The summed E-state index contributed by atoms with van der Waals surface area (Å²) in [5.41, 5.74) is -8.17. The predicted octanol–water partition coefficient (Wildman–Crippen LogP) is 5.15. The number of alkyl halides is 7. The smallest absolute Gasteiger partial charge is 0.408 e. The molecule has 3 aromatic rings. The first-order chi connectivity index (χ1) is 14.2. The molecule has 0 atom stereocenters. The molecule has 0 saturated heterocycles. The Balaban J connectivity index is 2.14. The summed E-state index contributed by atoms with van der Waals surface area (Å²) in [4.78, 5) is 22.5. The summed E-state index contributed by atoms with van der Waals surface area (Å²) in [5.74, 6) is -1.15. The molecule has 0 aliphatic heterocycles. The second kappa shape index (κ2) is 7.10. The number of hydrogen-bond acceptors (Lipinski definition) is 4. The van der Waals surface area contributed by atoms with E-state index in [1.807, 2.05) is 0 Å². The Morgan fingerprint density at radius 3 is 2.19 bits per heavy atom. The van der Waals surface area contributed by atoms with E-state index in [1.54, 1.807) is 0 Å². The third-order valence-corrected chi connectivity index (χ3v) is 4.79. The second-order valence-corrected chi connectivity index (χ2v) is 6.61. The molecule has 2 aromatic carbocycles. The highest BCUT2D eigenvalue weighted by Crippen LogP contribution is 2.53. The van der Waals surface area contributed by atoms with Crippen molar-refractivity contribution in [3.63, 3.8) is 0 Å². The maximum Gasteiger partial charge on any atom is 0.435 e. The summed E-state index contributed by atoms with van der Waals surface area (Å²) in [5, 5.41) is 11.0. The number of halogens is 7. The molecule has 0 fully saturated rings. The molecule has 0 bridgehead atoms. The van der Waals surface area contributed by atoms with Gasteiger partial charge in [0, 0.05) is 17.2 Å². The molecule has 0 aliphatic rings. The first kappa shape index (κ1) is 22.3. The molecule has 0 unspecified atom stereocenters. The van der Waals surface area contributed by atoms with Gasteiger partial charge in [0.2, 0.25) is 0 Å². The van der Waals surface area contributed by atoms with Crippen molar-refractivity contribution in [3.8, 4) is 0 Å². The largest absolute Gasteiger partial charge is 0.435 e. The Morgan fingerprint density at radius 1 is 1.03 bits per heavy atom. The highest BCUT2D eigenvalue weighted by molar-refractivity contribution is 5.74. The van der Waals surface area contributed by atoms with E-state index < -0.39 is 39.8 Å². The van der Waals surface area contributed by atoms with Gasteiger partial charge in [-0.05, 0) is 24.6 Å². The molecular weight excluding hydrogens is 441 g/mol. The number of hydrogen-bond donors (Lipinski definition) is 0. The number of fused-ring (bicyclic) bond motifs is 1. The Kier molecular flexibility index (Phi) is 5.11. The topological polar surface area (TPSA) is 78.3 Å². The van der Waals surface area contributed by atoms with Gasteiger partial charge < -0.3 is 4.42 Å². The van der Waals surface area contributed by atoms with Gasteiger partial charge in [0.1, 0.15) is 0 Å². The average Bonchev–Trinajstić information content (AvgIpc) is 2.95. The lowest BCUT2D eigenvalue weighted by Gasteiger charge is -2.30. The third kappa shape index (κ3) is 3.53. The number of nitrogens with zero attached hydrogens (tertiary/aromatic N) is 2. The van der Waals surface area contributed by atoms with Crippen molar-refractivity contribution in [3.05, 3.63) is 73.8 Å². The van der Waals surface area contributed by atoms with Crippen LogP contribution in [0.1, 0.15) is 16.7 Å². The Hall–Kier alpha value is -3.38. The quantitative estimate of drug-likeness (QED) is 0.312. The summed E-state index contributed by atoms with van der Waals surface area (Å²) < 4.78 is 97.6. The predicted molar refractivity (Wildman–Crippen MR) is 92.3 cm³/mol. The van der Waals surface area contributed by atoms with E-state index in [0.29, 0.717) is 6.07 Å². The lowest BCUT2D eigenvalue weighted by molar-refractivity contribution is -0.385. The number of nitro groups is 1. The Labute approximate surface area is 167 Å². The third-order valence-electron chi connectivity index (χ3n) is 4.79. The van der Waals surface area contributed by atoms with Gasteiger partial charge in [-0.1, -0.05) is 18.2 Å². The van der Waals surface area contributed by atoms with E-state index >= 15 is 0 Å². The zero-order valence-corrected chi connectivity index (χ0v) is 15.3. The zero-order valence-electron chi connectivity index (χ0n) is 15.3. The standard InChI is InChI=1S/C18H11F7N2O4/c1-9-10(3-2-4-12(9)27(29)30)8-26-13-6-5-11(7-14(13)31-15(26)28)16(19,17(20,21)22)18(23,24)25/h2-7H,8H2,1H3.